The Balaban J connectivity index is 1.34. The quantitative estimate of drug-likeness (QED) is 0.279. The molecule has 2 N–H and O–H groups in total. The SMILES string of the molecule is COc1cc(OC)c2c(c1)O[C@@]1(c3ccc(OCCCCn4ccnc4)cc3)[C@H](c3ccccc3)C[C@@H](O)[C@@]21O. The number of aryl methyl sites for hydroxylation is 1. The van der Waals surface area contributed by atoms with Gasteiger partial charge in [-0.3, -0.25) is 0 Å². The monoisotopic (exact) mass is 542 g/mol. The lowest BCUT2D eigenvalue weighted by molar-refractivity contribution is -0.150. The van der Waals surface area contributed by atoms with E-state index in [2.05, 4.69) is 9.55 Å². The maximum Gasteiger partial charge on any atom is 0.176 e. The lowest BCUT2D eigenvalue weighted by Crippen LogP contribution is -2.52. The molecule has 208 valence electrons. The van der Waals surface area contributed by atoms with Crippen molar-refractivity contribution in [3.05, 3.63) is 102 Å². The van der Waals surface area contributed by atoms with Crippen LogP contribution >= 0.6 is 0 Å². The van der Waals surface area contributed by atoms with Gasteiger partial charge in [0.25, 0.3) is 0 Å². The van der Waals surface area contributed by atoms with Crippen molar-refractivity contribution in [2.75, 3.05) is 20.8 Å². The molecule has 40 heavy (non-hydrogen) atoms. The van der Waals surface area contributed by atoms with E-state index in [0.29, 0.717) is 35.8 Å². The van der Waals surface area contributed by atoms with Gasteiger partial charge in [0, 0.05) is 37.0 Å². The number of methoxy groups -OCH3 is 2. The third kappa shape index (κ3) is 4.10. The van der Waals surface area contributed by atoms with Gasteiger partial charge < -0.3 is 33.7 Å². The topological polar surface area (TPSA) is 95.2 Å². The maximum absolute atomic E-state index is 12.6. The van der Waals surface area contributed by atoms with E-state index in [0.717, 1.165) is 36.3 Å². The van der Waals surface area contributed by atoms with Crippen molar-refractivity contribution in [2.45, 2.75) is 49.0 Å². The fraction of sp³-hybridized carbons (Fsp3) is 0.344. The van der Waals surface area contributed by atoms with Crippen LogP contribution in [0.4, 0.5) is 0 Å². The van der Waals surface area contributed by atoms with Crippen LogP contribution in [0.15, 0.2) is 85.5 Å². The molecule has 0 unspecified atom stereocenters. The van der Waals surface area contributed by atoms with Crippen LogP contribution in [0.3, 0.4) is 0 Å². The van der Waals surface area contributed by atoms with E-state index in [-0.39, 0.29) is 5.92 Å². The van der Waals surface area contributed by atoms with E-state index in [1.54, 1.807) is 25.4 Å². The lowest BCUT2D eigenvalue weighted by atomic mass is 9.71. The predicted molar refractivity (Wildman–Crippen MR) is 149 cm³/mol. The molecule has 2 aliphatic rings. The number of aliphatic hydroxyl groups is 2. The number of hydrogen-bond acceptors (Lipinski definition) is 7. The van der Waals surface area contributed by atoms with Gasteiger partial charge in [0.1, 0.15) is 23.0 Å². The summed E-state index contributed by atoms with van der Waals surface area (Å²) in [5.41, 5.74) is -0.936. The molecule has 0 radical (unpaired) electrons. The number of rotatable bonds is 10. The summed E-state index contributed by atoms with van der Waals surface area (Å²) >= 11 is 0. The van der Waals surface area contributed by atoms with Gasteiger partial charge in [-0.25, -0.2) is 4.98 Å². The number of aromatic nitrogens is 2. The summed E-state index contributed by atoms with van der Waals surface area (Å²) in [6.07, 6.45) is 6.65. The largest absolute Gasteiger partial charge is 0.496 e. The molecule has 0 spiro atoms. The Hall–Kier alpha value is -4.01. The smallest absolute Gasteiger partial charge is 0.176 e. The first-order chi connectivity index (χ1) is 19.5. The van der Waals surface area contributed by atoms with Gasteiger partial charge in [0.05, 0.1) is 38.8 Å². The van der Waals surface area contributed by atoms with Crippen molar-refractivity contribution in [2.24, 2.45) is 0 Å². The van der Waals surface area contributed by atoms with E-state index >= 15 is 0 Å². The van der Waals surface area contributed by atoms with Crippen LogP contribution in [0.5, 0.6) is 23.0 Å². The Morgan fingerprint density at radius 2 is 1.80 bits per heavy atom. The molecule has 0 saturated heterocycles. The van der Waals surface area contributed by atoms with Crippen molar-refractivity contribution >= 4 is 0 Å². The zero-order valence-corrected chi connectivity index (χ0v) is 22.7. The molecule has 0 bridgehead atoms. The Labute approximate surface area is 233 Å². The van der Waals surface area contributed by atoms with Gasteiger partial charge >= 0.3 is 0 Å². The highest BCUT2D eigenvalue weighted by atomic mass is 16.5. The second-order valence-electron chi connectivity index (χ2n) is 10.4. The summed E-state index contributed by atoms with van der Waals surface area (Å²) in [4.78, 5) is 4.07. The average Bonchev–Trinajstić information content (AvgIpc) is 3.66. The molecular weight excluding hydrogens is 508 g/mol. The number of hydrogen-bond donors (Lipinski definition) is 2. The van der Waals surface area contributed by atoms with E-state index in [4.69, 9.17) is 18.9 Å². The minimum absolute atomic E-state index is 0.310. The van der Waals surface area contributed by atoms with E-state index in [1.807, 2.05) is 67.1 Å². The number of aliphatic hydroxyl groups excluding tert-OH is 1. The fourth-order valence-corrected chi connectivity index (χ4v) is 6.39. The van der Waals surface area contributed by atoms with Crippen molar-refractivity contribution < 1.29 is 29.2 Å². The van der Waals surface area contributed by atoms with Crippen LogP contribution in [0, 0.1) is 0 Å². The van der Waals surface area contributed by atoms with Crippen LogP contribution in [0.1, 0.15) is 41.9 Å². The first-order valence-corrected chi connectivity index (χ1v) is 13.6. The highest BCUT2D eigenvalue weighted by molar-refractivity contribution is 5.62. The van der Waals surface area contributed by atoms with Gasteiger partial charge in [-0.2, -0.15) is 0 Å². The third-order valence-corrected chi connectivity index (χ3v) is 8.27. The summed E-state index contributed by atoms with van der Waals surface area (Å²) in [7, 11) is 3.11. The molecule has 8 nitrogen and oxygen atoms in total. The Bertz CT molecular complexity index is 1440. The van der Waals surface area contributed by atoms with Crippen LogP contribution in [0.25, 0.3) is 0 Å². The number of benzene rings is 3. The van der Waals surface area contributed by atoms with E-state index in [9.17, 15) is 10.2 Å². The van der Waals surface area contributed by atoms with Crippen LogP contribution in [-0.2, 0) is 17.7 Å². The van der Waals surface area contributed by atoms with Crippen molar-refractivity contribution in [1.82, 2.24) is 9.55 Å². The number of imidazole rings is 1. The van der Waals surface area contributed by atoms with Crippen LogP contribution in [0.2, 0.25) is 0 Å². The Morgan fingerprint density at radius 3 is 2.50 bits per heavy atom. The minimum atomic E-state index is -1.77. The number of fused-ring (bicyclic) bond motifs is 3. The highest BCUT2D eigenvalue weighted by Gasteiger charge is 2.73. The zero-order chi connectivity index (χ0) is 27.7. The summed E-state index contributed by atoms with van der Waals surface area (Å²) in [5.74, 6) is 1.76. The summed E-state index contributed by atoms with van der Waals surface area (Å²) in [5, 5.41) is 24.1. The molecule has 8 heteroatoms. The van der Waals surface area contributed by atoms with E-state index in [1.165, 1.54) is 7.11 Å². The van der Waals surface area contributed by atoms with Gasteiger partial charge in [0.15, 0.2) is 11.2 Å². The van der Waals surface area contributed by atoms with Gasteiger partial charge in [-0.15, -0.1) is 0 Å². The molecule has 1 aliphatic carbocycles. The standard InChI is InChI=1S/C32H34N2O6/c1-37-25-18-27(38-2)30-28(19-25)40-32(26(20-29(35)31(30,32)36)22-8-4-3-5-9-22)23-10-12-24(13-11-23)39-17-7-6-15-34-16-14-33-21-34/h3-5,8-14,16,18-19,21,26,29,35-36H,6-7,15,17,20H2,1-2H3/t26-,29+,31+,32-/m0/s1. The number of nitrogens with zero attached hydrogens (tertiary/aromatic N) is 2. The Kier molecular flexibility index (Phi) is 6.90. The molecular formula is C32H34N2O6. The summed E-state index contributed by atoms with van der Waals surface area (Å²) in [6, 6.07) is 21.0. The average molecular weight is 543 g/mol. The summed E-state index contributed by atoms with van der Waals surface area (Å²) in [6.45, 7) is 1.49. The first-order valence-electron chi connectivity index (χ1n) is 13.6. The van der Waals surface area contributed by atoms with Gasteiger partial charge in [-0.05, 0) is 42.5 Å². The highest BCUT2D eigenvalue weighted by Crippen LogP contribution is 2.68. The van der Waals surface area contributed by atoms with Crippen LogP contribution in [-0.4, -0.2) is 46.7 Å². The molecule has 6 rings (SSSR count). The normalized spacial score (nSPS) is 24.7. The molecule has 3 aromatic carbocycles. The second-order valence-corrected chi connectivity index (χ2v) is 10.4. The van der Waals surface area contributed by atoms with E-state index < -0.39 is 17.3 Å². The third-order valence-electron chi connectivity index (χ3n) is 8.27. The minimum Gasteiger partial charge on any atom is -0.496 e. The molecule has 4 atom stereocenters. The molecule has 1 aliphatic heterocycles. The van der Waals surface area contributed by atoms with Gasteiger partial charge in [0.2, 0.25) is 0 Å². The molecule has 1 saturated carbocycles. The maximum atomic E-state index is 12.6. The van der Waals surface area contributed by atoms with Crippen LogP contribution < -0.4 is 18.9 Å². The Morgan fingerprint density at radius 1 is 1.00 bits per heavy atom. The van der Waals surface area contributed by atoms with Crippen molar-refractivity contribution in [3.63, 3.8) is 0 Å². The molecule has 4 aromatic rings. The molecule has 1 fully saturated rings. The number of unbranched alkanes of at least 4 members (excludes halogenated alkanes) is 1. The molecule has 2 heterocycles. The lowest BCUT2D eigenvalue weighted by Gasteiger charge is -2.40. The first kappa shape index (κ1) is 26.2. The van der Waals surface area contributed by atoms with Crippen molar-refractivity contribution in [1.29, 1.82) is 0 Å². The molecule has 1 aromatic heterocycles. The van der Waals surface area contributed by atoms with Gasteiger partial charge in [-0.1, -0.05) is 42.5 Å². The molecule has 0 amide bonds. The fourth-order valence-electron chi connectivity index (χ4n) is 6.39. The predicted octanol–water partition coefficient (Wildman–Crippen LogP) is 4.78. The summed E-state index contributed by atoms with van der Waals surface area (Å²) < 4.78 is 26.1. The number of ether oxygens (including phenoxy) is 4. The second kappa shape index (κ2) is 10.5. The zero-order valence-electron chi connectivity index (χ0n) is 22.7. The van der Waals surface area contributed by atoms with Crippen molar-refractivity contribution in [3.8, 4) is 23.0 Å².